The fourth-order valence-corrected chi connectivity index (χ4v) is 2.61. The van der Waals surface area contributed by atoms with Crippen molar-refractivity contribution >= 4 is 0 Å². The second-order valence-electron chi connectivity index (χ2n) is 4.94. The fourth-order valence-electron chi connectivity index (χ4n) is 2.61. The van der Waals surface area contributed by atoms with Gasteiger partial charge >= 0.3 is 0 Å². The quantitative estimate of drug-likeness (QED) is 0.867. The van der Waals surface area contributed by atoms with Gasteiger partial charge in [0.05, 0.1) is 0 Å². The van der Waals surface area contributed by atoms with E-state index >= 15 is 0 Å². The van der Waals surface area contributed by atoms with Crippen LogP contribution in [-0.4, -0.2) is 19.8 Å². The Hall–Kier alpha value is -0.930. The Kier molecular flexibility index (Phi) is 5.14. The highest BCUT2D eigenvalue weighted by atomic mass is 19.1. The summed E-state index contributed by atoms with van der Waals surface area (Å²) in [6, 6.07) is 7.23. The SMILES string of the molecule is CCCNC(c1cccc(F)c1)C1CCOCC1. The first-order valence-electron chi connectivity index (χ1n) is 6.88. The molecule has 1 saturated heterocycles. The van der Waals surface area contributed by atoms with Gasteiger partial charge in [-0.15, -0.1) is 0 Å². The topological polar surface area (TPSA) is 21.3 Å². The summed E-state index contributed by atoms with van der Waals surface area (Å²) in [5, 5.41) is 3.56. The molecule has 1 aliphatic heterocycles. The van der Waals surface area contributed by atoms with Crippen LogP contribution in [-0.2, 0) is 4.74 Å². The molecule has 1 heterocycles. The van der Waals surface area contributed by atoms with E-state index in [1.807, 2.05) is 6.07 Å². The van der Waals surface area contributed by atoms with E-state index in [4.69, 9.17) is 4.74 Å². The predicted molar refractivity (Wildman–Crippen MR) is 71.0 cm³/mol. The van der Waals surface area contributed by atoms with Gasteiger partial charge in [-0.25, -0.2) is 4.39 Å². The lowest BCUT2D eigenvalue weighted by atomic mass is 9.87. The van der Waals surface area contributed by atoms with Crippen LogP contribution in [0.5, 0.6) is 0 Å². The smallest absolute Gasteiger partial charge is 0.123 e. The Balaban J connectivity index is 2.12. The monoisotopic (exact) mass is 251 g/mol. The number of benzene rings is 1. The molecule has 3 heteroatoms. The van der Waals surface area contributed by atoms with E-state index in [1.165, 1.54) is 6.07 Å². The third kappa shape index (κ3) is 3.53. The molecule has 0 aromatic heterocycles. The van der Waals surface area contributed by atoms with Gasteiger partial charge in [-0.1, -0.05) is 19.1 Å². The first-order chi connectivity index (χ1) is 8.81. The summed E-state index contributed by atoms with van der Waals surface area (Å²) < 4.78 is 18.8. The van der Waals surface area contributed by atoms with E-state index in [-0.39, 0.29) is 11.9 Å². The van der Waals surface area contributed by atoms with Gasteiger partial charge in [0, 0.05) is 19.3 Å². The molecule has 1 aliphatic rings. The van der Waals surface area contributed by atoms with Crippen molar-refractivity contribution in [2.45, 2.75) is 32.2 Å². The normalized spacial score (nSPS) is 18.8. The largest absolute Gasteiger partial charge is 0.381 e. The van der Waals surface area contributed by atoms with Crippen molar-refractivity contribution in [1.29, 1.82) is 0 Å². The van der Waals surface area contributed by atoms with E-state index < -0.39 is 0 Å². The Morgan fingerprint density at radius 3 is 2.83 bits per heavy atom. The summed E-state index contributed by atoms with van der Waals surface area (Å²) in [6.07, 6.45) is 3.20. The molecule has 1 atom stereocenters. The van der Waals surface area contributed by atoms with E-state index in [9.17, 15) is 4.39 Å². The van der Waals surface area contributed by atoms with Crippen LogP contribution in [0, 0.1) is 11.7 Å². The van der Waals surface area contributed by atoms with Crippen molar-refractivity contribution in [1.82, 2.24) is 5.32 Å². The van der Waals surface area contributed by atoms with E-state index in [2.05, 4.69) is 12.2 Å². The number of hydrogen-bond acceptors (Lipinski definition) is 2. The van der Waals surface area contributed by atoms with E-state index in [0.717, 1.165) is 44.6 Å². The molecule has 2 nitrogen and oxygen atoms in total. The number of ether oxygens (including phenoxy) is 1. The molecule has 1 N–H and O–H groups in total. The van der Waals surface area contributed by atoms with Crippen LogP contribution in [0.15, 0.2) is 24.3 Å². The number of rotatable bonds is 5. The first kappa shape index (κ1) is 13.5. The number of nitrogens with one attached hydrogen (secondary N) is 1. The van der Waals surface area contributed by atoms with Gasteiger partial charge in [0.1, 0.15) is 5.82 Å². The highest BCUT2D eigenvalue weighted by Crippen LogP contribution is 2.30. The Morgan fingerprint density at radius 2 is 2.17 bits per heavy atom. The Bertz CT molecular complexity index is 363. The second-order valence-corrected chi connectivity index (χ2v) is 4.94. The molecule has 1 aromatic rings. The fraction of sp³-hybridized carbons (Fsp3) is 0.600. The van der Waals surface area contributed by atoms with Gasteiger partial charge in [0.15, 0.2) is 0 Å². The summed E-state index contributed by atoms with van der Waals surface area (Å²) >= 11 is 0. The molecule has 0 amide bonds. The summed E-state index contributed by atoms with van der Waals surface area (Å²) in [7, 11) is 0. The maximum atomic E-state index is 13.4. The van der Waals surface area contributed by atoms with Crippen molar-refractivity contribution in [2.24, 2.45) is 5.92 Å². The van der Waals surface area contributed by atoms with Crippen LogP contribution in [0.25, 0.3) is 0 Å². The summed E-state index contributed by atoms with van der Waals surface area (Å²) in [5.41, 5.74) is 1.07. The summed E-state index contributed by atoms with van der Waals surface area (Å²) in [6.45, 7) is 4.77. The van der Waals surface area contributed by atoms with Crippen molar-refractivity contribution in [3.63, 3.8) is 0 Å². The minimum atomic E-state index is -0.150. The molecule has 1 aromatic carbocycles. The zero-order chi connectivity index (χ0) is 12.8. The average Bonchev–Trinajstić information content (AvgIpc) is 2.40. The lowest BCUT2D eigenvalue weighted by molar-refractivity contribution is 0.0536. The van der Waals surface area contributed by atoms with Gasteiger partial charge in [0.25, 0.3) is 0 Å². The van der Waals surface area contributed by atoms with E-state index in [0.29, 0.717) is 5.92 Å². The summed E-state index contributed by atoms with van der Waals surface area (Å²) in [5.74, 6) is 0.398. The van der Waals surface area contributed by atoms with Crippen molar-refractivity contribution < 1.29 is 9.13 Å². The third-order valence-electron chi connectivity index (χ3n) is 3.56. The minimum Gasteiger partial charge on any atom is -0.381 e. The molecule has 0 aliphatic carbocycles. The molecule has 1 fully saturated rings. The third-order valence-corrected chi connectivity index (χ3v) is 3.56. The molecule has 0 bridgehead atoms. The van der Waals surface area contributed by atoms with Gasteiger partial charge in [-0.05, 0) is 49.4 Å². The second kappa shape index (κ2) is 6.86. The van der Waals surface area contributed by atoms with Crippen LogP contribution in [0.2, 0.25) is 0 Å². The zero-order valence-corrected chi connectivity index (χ0v) is 11.0. The molecule has 0 saturated carbocycles. The lowest BCUT2D eigenvalue weighted by Gasteiger charge is -2.31. The maximum Gasteiger partial charge on any atom is 0.123 e. The van der Waals surface area contributed by atoms with E-state index in [1.54, 1.807) is 12.1 Å². The number of hydrogen-bond donors (Lipinski definition) is 1. The lowest BCUT2D eigenvalue weighted by Crippen LogP contribution is -2.32. The molecule has 18 heavy (non-hydrogen) atoms. The average molecular weight is 251 g/mol. The standard InChI is InChI=1S/C15H22FNO/c1-2-8-17-15(12-6-9-18-10-7-12)13-4-3-5-14(16)11-13/h3-5,11-12,15,17H,2,6-10H2,1H3. The molecular weight excluding hydrogens is 229 g/mol. The summed E-state index contributed by atoms with van der Waals surface area (Å²) in [4.78, 5) is 0. The van der Waals surface area contributed by atoms with Gasteiger partial charge in [0.2, 0.25) is 0 Å². The Morgan fingerprint density at radius 1 is 1.39 bits per heavy atom. The highest BCUT2D eigenvalue weighted by Gasteiger charge is 2.25. The highest BCUT2D eigenvalue weighted by molar-refractivity contribution is 5.21. The molecule has 0 spiro atoms. The maximum absolute atomic E-state index is 13.4. The van der Waals surface area contributed by atoms with Gasteiger partial charge < -0.3 is 10.1 Å². The number of halogens is 1. The predicted octanol–water partition coefficient (Wildman–Crippen LogP) is 3.29. The van der Waals surface area contributed by atoms with Crippen LogP contribution in [0.3, 0.4) is 0 Å². The van der Waals surface area contributed by atoms with Gasteiger partial charge in [-0.3, -0.25) is 0 Å². The molecule has 0 radical (unpaired) electrons. The van der Waals surface area contributed by atoms with Crippen molar-refractivity contribution in [2.75, 3.05) is 19.8 Å². The molecular formula is C15H22FNO. The van der Waals surface area contributed by atoms with Crippen molar-refractivity contribution in [3.05, 3.63) is 35.6 Å². The van der Waals surface area contributed by atoms with Gasteiger partial charge in [-0.2, -0.15) is 0 Å². The van der Waals surface area contributed by atoms with Crippen LogP contribution >= 0.6 is 0 Å². The van der Waals surface area contributed by atoms with Crippen LogP contribution in [0.4, 0.5) is 4.39 Å². The minimum absolute atomic E-state index is 0.150. The first-order valence-corrected chi connectivity index (χ1v) is 6.88. The Labute approximate surface area is 109 Å². The zero-order valence-electron chi connectivity index (χ0n) is 11.0. The van der Waals surface area contributed by atoms with Crippen molar-refractivity contribution in [3.8, 4) is 0 Å². The molecule has 100 valence electrons. The molecule has 1 unspecified atom stereocenters. The van der Waals surface area contributed by atoms with Crippen LogP contribution in [0.1, 0.15) is 37.8 Å². The van der Waals surface area contributed by atoms with Crippen LogP contribution < -0.4 is 5.32 Å². The molecule has 2 rings (SSSR count).